The van der Waals surface area contributed by atoms with Crippen molar-refractivity contribution in [3.63, 3.8) is 0 Å². The summed E-state index contributed by atoms with van der Waals surface area (Å²) in [5.41, 5.74) is 3.33. The van der Waals surface area contributed by atoms with Gasteiger partial charge in [0, 0.05) is 53.6 Å². The molecular formula is C20H22N2O3S. The summed E-state index contributed by atoms with van der Waals surface area (Å²) in [6.07, 6.45) is 3.16. The highest BCUT2D eigenvalue weighted by atomic mass is 32.2. The van der Waals surface area contributed by atoms with Gasteiger partial charge in [-0.15, -0.1) is 0 Å². The minimum Gasteiger partial charge on any atom is -0.348 e. The predicted octanol–water partition coefficient (Wildman–Crippen LogP) is 2.62. The van der Waals surface area contributed by atoms with E-state index in [4.69, 9.17) is 0 Å². The van der Waals surface area contributed by atoms with Gasteiger partial charge in [-0.1, -0.05) is 24.3 Å². The van der Waals surface area contributed by atoms with Crippen molar-refractivity contribution in [3.8, 4) is 0 Å². The Bertz CT molecular complexity index is 833. The quantitative estimate of drug-likeness (QED) is 0.850. The van der Waals surface area contributed by atoms with E-state index in [0.717, 1.165) is 29.8 Å². The van der Waals surface area contributed by atoms with Crippen molar-refractivity contribution in [1.29, 1.82) is 0 Å². The maximum absolute atomic E-state index is 12.3. The molecule has 5 nitrogen and oxygen atoms in total. The van der Waals surface area contributed by atoms with Crippen LogP contribution < -0.4 is 10.2 Å². The third-order valence-corrected chi connectivity index (χ3v) is 5.07. The predicted molar refractivity (Wildman–Crippen MR) is 103 cm³/mol. The van der Waals surface area contributed by atoms with Crippen LogP contribution in [0.3, 0.4) is 0 Å². The third-order valence-electron chi connectivity index (χ3n) is 4.33. The van der Waals surface area contributed by atoms with E-state index >= 15 is 0 Å². The number of rotatable bonds is 6. The standard InChI is InChI=1S/C20H22N2O3S/c1-26(25)14-16-4-2-5-17(12-16)20(24)21-13-15-7-9-18(10-8-15)22-11-3-6-19(22)23/h2,4-5,7-10,12H,3,6,11,13-14H2,1H3,(H,21,24). The molecule has 0 aliphatic carbocycles. The molecule has 2 aromatic carbocycles. The molecule has 1 aliphatic heterocycles. The van der Waals surface area contributed by atoms with Crippen LogP contribution in [0.1, 0.15) is 34.3 Å². The van der Waals surface area contributed by atoms with E-state index in [-0.39, 0.29) is 11.8 Å². The van der Waals surface area contributed by atoms with Crippen LogP contribution in [0, 0.1) is 0 Å². The van der Waals surface area contributed by atoms with Crippen LogP contribution >= 0.6 is 0 Å². The molecule has 0 aromatic heterocycles. The van der Waals surface area contributed by atoms with Crippen LogP contribution in [-0.2, 0) is 27.9 Å². The van der Waals surface area contributed by atoms with Gasteiger partial charge in [0.15, 0.2) is 0 Å². The zero-order valence-corrected chi connectivity index (χ0v) is 15.6. The second-order valence-corrected chi connectivity index (χ2v) is 7.85. The lowest BCUT2D eigenvalue weighted by molar-refractivity contribution is -0.117. The average molecular weight is 370 g/mol. The fourth-order valence-corrected chi connectivity index (χ4v) is 3.69. The highest BCUT2D eigenvalue weighted by Gasteiger charge is 2.21. The SMILES string of the molecule is CS(=O)Cc1cccc(C(=O)NCc2ccc(N3CCCC3=O)cc2)c1. The van der Waals surface area contributed by atoms with E-state index in [1.54, 1.807) is 29.4 Å². The zero-order valence-electron chi connectivity index (χ0n) is 14.7. The molecule has 1 aliphatic rings. The van der Waals surface area contributed by atoms with Gasteiger partial charge in [0.05, 0.1) is 0 Å². The Morgan fingerprint density at radius 3 is 2.58 bits per heavy atom. The second kappa shape index (κ2) is 8.27. The number of nitrogens with zero attached hydrogens (tertiary/aromatic N) is 1. The van der Waals surface area contributed by atoms with Gasteiger partial charge in [0.25, 0.3) is 5.91 Å². The van der Waals surface area contributed by atoms with Crippen molar-refractivity contribution in [2.75, 3.05) is 17.7 Å². The van der Waals surface area contributed by atoms with Gasteiger partial charge < -0.3 is 10.2 Å². The smallest absolute Gasteiger partial charge is 0.251 e. The van der Waals surface area contributed by atoms with Gasteiger partial charge in [0.2, 0.25) is 5.91 Å². The minimum atomic E-state index is -0.937. The molecule has 1 heterocycles. The summed E-state index contributed by atoms with van der Waals surface area (Å²) in [6, 6.07) is 14.9. The summed E-state index contributed by atoms with van der Waals surface area (Å²) < 4.78 is 11.3. The molecule has 2 aromatic rings. The lowest BCUT2D eigenvalue weighted by Gasteiger charge is -2.16. The van der Waals surface area contributed by atoms with Crippen molar-refractivity contribution in [1.82, 2.24) is 5.32 Å². The third kappa shape index (κ3) is 4.58. The Balaban J connectivity index is 1.59. The van der Waals surface area contributed by atoms with Crippen LogP contribution in [-0.4, -0.2) is 28.8 Å². The van der Waals surface area contributed by atoms with Crippen molar-refractivity contribution in [2.45, 2.75) is 25.1 Å². The van der Waals surface area contributed by atoms with Crippen LogP contribution in [0.5, 0.6) is 0 Å². The van der Waals surface area contributed by atoms with E-state index in [1.807, 2.05) is 30.3 Å². The molecule has 1 atom stereocenters. The summed E-state index contributed by atoms with van der Waals surface area (Å²) in [5.74, 6) is 0.448. The van der Waals surface area contributed by atoms with Crippen LogP contribution in [0.15, 0.2) is 48.5 Å². The molecule has 1 fully saturated rings. The first-order valence-electron chi connectivity index (χ1n) is 8.59. The van der Waals surface area contributed by atoms with Crippen LogP contribution in [0.25, 0.3) is 0 Å². The summed E-state index contributed by atoms with van der Waals surface area (Å²) in [6.45, 7) is 1.19. The molecule has 3 rings (SSSR count). The van der Waals surface area contributed by atoms with Gasteiger partial charge >= 0.3 is 0 Å². The highest BCUT2D eigenvalue weighted by Crippen LogP contribution is 2.21. The number of carbonyl (C=O) groups is 2. The van der Waals surface area contributed by atoms with E-state index < -0.39 is 10.8 Å². The molecular weight excluding hydrogens is 348 g/mol. The van der Waals surface area contributed by atoms with Crippen molar-refractivity contribution in [3.05, 3.63) is 65.2 Å². The Labute approximate surface area is 155 Å². The number of benzene rings is 2. The maximum Gasteiger partial charge on any atom is 0.251 e. The van der Waals surface area contributed by atoms with Gasteiger partial charge in [-0.05, 0) is 41.8 Å². The first-order valence-corrected chi connectivity index (χ1v) is 10.3. The van der Waals surface area contributed by atoms with E-state index in [9.17, 15) is 13.8 Å². The number of nitrogens with one attached hydrogen (secondary N) is 1. The summed E-state index contributed by atoms with van der Waals surface area (Å²) in [5, 5.41) is 2.90. The molecule has 1 saturated heterocycles. The Morgan fingerprint density at radius 2 is 1.92 bits per heavy atom. The maximum atomic E-state index is 12.3. The van der Waals surface area contributed by atoms with Crippen molar-refractivity contribution < 1.29 is 13.8 Å². The summed E-state index contributed by atoms with van der Waals surface area (Å²) >= 11 is 0. The Kier molecular flexibility index (Phi) is 5.83. The average Bonchev–Trinajstić information content (AvgIpc) is 3.06. The Morgan fingerprint density at radius 1 is 1.15 bits per heavy atom. The Hall–Kier alpha value is -2.47. The topological polar surface area (TPSA) is 66.5 Å². The monoisotopic (exact) mass is 370 g/mol. The molecule has 26 heavy (non-hydrogen) atoms. The minimum absolute atomic E-state index is 0.160. The fourth-order valence-electron chi connectivity index (χ4n) is 3.04. The van der Waals surface area contributed by atoms with Gasteiger partial charge in [-0.25, -0.2) is 0 Å². The molecule has 1 N–H and O–H groups in total. The number of hydrogen-bond acceptors (Lipinski definition) is 3. The first-order chi connectivity index (χ1) is 12.5. The highest BCUT2D eigenvalue weighted by molar-refractivity contribution is 7.83. The lowest BCUT2D eigenvalue weighted by Crippen LogP contribution is -2.24. The molecule has 0 bridgehead atoms. The number of carbonyl (C=O) groups excluding carboxylic acids is 2. The van der Waals surface area contributed by atoms with Crippen molar-refractivity contribution in [2.24, 2.45) is 0 Å². The van der Waals surface area contributed by atoms with E-state index in [1.165, 1.54) is 0 Å². The lowest BCUT2D eigenvalue weighted by atomic mass is 10.1. The fraction of sp³-hybridized carbons (Fsp3) is 0.300. The zero-order chi connectivity index (χ0) is 18.5. The number of hydrogen-bond donors (Lipinski definition) is 1. The summed E-state index contributed by atoms with van der Waals surface area (Å²) in [7, 11) is -0.937. The van der Waals surface area contributed by atoms with E-state index in [2.05, 4.69) is 5.32 Å². The van der Waals surface area contributed by atoms with Crippen LogP contribution in [0.4, 0.5) is 5.69 Å². The molecule has 1 unspecified atom stereocenters. The molecule has 0 radical (unpaired) electrons. The second-order valence-electron chi connectivity index (χ2n) is 6.42. The molecule has 6 heteroatoms. The normalized spacial score (nSPS) is 15.1. The van der Waals surface area contributed by atoms with Crippen LogP contribution in [0.2, 0.25) is 0 Å². The van der Waals surface area contributed by atoms with Crippen molar-refractivity contribution >= 4 is 28.3 Å². The largest absolute Gasteiger partial charge is 0.348 e. The van der Waals surface area contributed by atoms with Gasteiger partial charge in [-0.3, -0.25) is 13.8 Å². The number of amides is 2. The molecule has 2 amide bonds. The molecule has 0 saturated carbocycles. The molecule has 0 spiro atoms. The first kappa shape index (κ1) is 18.3. The van der Waals surface area contributed by atoms with E-state index in [0.29, 0.717) is 24.3 Å². The molecule has 136 valence electrons. The van der Waals surface area contributed by atoms with Gasteiger partial charge in [0.1, 0.15) is 0 Å². The number of anilines is 1. The van der Waals surface area contributed by atoms with Gasteiger partial charge in [-0.2, -0.15) is 0 Å². The summed E-state index contributed by atoms with van der Waals surface area (Å²) in [4.78, 5) is 25.9.